The number of ether oxygens (including phenoxy) is 1. The van der Waals surface area contributed by atoms with Crippen LogP contribution in [0.15, 0.2) is 18.2 Å². The van der Waals surface area contributed by atoms with Crippen LogP contribution in [0.4, 0.5) is 24.5 Å². The molecule has 2 heterocycles. The van der Waals surface area contributed by atoms with Crippen LogP contribution in [0.5, 0.6) is 0 Å². The Labute approximate surface area is 109 Å². The molecule has 0 saturated carbocycles. The highest BCUT2D eigenvalue weighted by molar-refractivity contribution is 5.60. The van der Waals surface area contributed by atoms with Crippen LogP contribution in [0.25, 0.3) is 0 Å². The van der Waals surface area contributed by atoms with E-state index >= 15 is 0 Å². The maximum atomic E-state index is 12.8. The molecule has 3 rings (SSSR count). The van der Waals surface area contributed by atoms with Gasteiger partial charge in [-0.2, -0.15) is 13.2 Å². The summed E-state index contributed by atoms with van der Waals surface area (Å²) in [5.74, 6) is 0. The van der Waals surface area contributed by atoms with E-state index < -0.39 is 11.7 Å². The molecule has 0 aliphatic carbocycles. The van der Waals surface area contributed by atoms with E-state index in [0.717, 1.165) is 18.9 Å². The molecule has 2 aliphatic rings. The second kappa shape index (κ2) is 4.30. The van der Waals surface area contributed by atoms with E-state index in [2.05, 4.69) is 0 Å². The normalized spacial score (nSPS) is 26.8. The molecule has 6 heteroatoms. The number of halogens is 3. The molecule has 2 saturated heterocycles. The molecule has 2 bridgehead atoms. The molecule has 0 amide bonds. The maximum absolute atomic E-state index is 12.8. The Bertz CT molecular complexity index is 477. The van der Waals surface area contributed by atoms with Gasteiger partial charge in [-0.05, 0) is 31.0 Å². The Balaban J connectivity index is 1.89. The second-order valence-electron chi connectivity index (χ2n) is 5.13. The summed E-state index contributed by atoms with van der Waals surface area (Å²) in [6.45, 7) is 1.30. The molecule has 0 spiro atoms. The smallest absolute Gasteiger partial charge is 0.398 e. The van der Waals surface area contributed by atoms with Gasteiger partial charge in [0.25, 0.3) is 0 Å². The molecule has 104 valence electrons. The zero-order valence-electron chi connectivity index (χ0n) is 10.3. The molecular weight excluding hydrogens is 257 g/mol. The van der Waals surface area contributed by atoms with Crippen LogP contribution in [-0.4, -0.2) is 25.3 Å². The van der Waals surface area contributed by atoms with Gasteiger partial charge in [-0.1, -0.05) is 0 Å². The molecule has 1 aromatic rings. The summed E-state index contributed by atoms with van der Waals surface area (Å²) in [6.07, 6.45) is -2.15. The molecule has 2 atom stereocenters. The van der Waals surface area contributed by atoms with Crippen molar-refractivity contribution in [2.24, 2.45) is 0 Å². The topological polar surface area (TPSA) is 38.5 Å². The lowest BCUT2D eigenvalue weighted by Crippen LogP contribution is -2.42. The molecule has 2 fully saturated rings. The number of nitrogens with two attached hydrogens (primary N) is 1. The minimum atomic E-state index is -4.41. The van der Waals surface area contributed by atoms with Crippen molar-refractivity contribution in [2.75, 3.05) is 23.7 Å². The standard InChI is InChI=1S/C13H15F3N2O/c14-13(15,16)11-5-8(1-4-12(11)17)18-6-9-2-3-10(7-18)19-9/h1,4-5,9-10H,2-3,6-7,17H2. The lowest BCUT2D eigenvalue weighted by atomic mass is 10.1. The number of hydrogen-bond donors (Lipinski definition) is 1. The molecule has 0 aromatic heterocycles. The Hall–Kier alpha value is -1.43. The zero-order valence-corrected chi connectivity index (χ0v) is 10.3. The van der Waals surface area contributed by atoms with Gasteiger partial charge in [0, 0.05) is 24.5 Å². The number of nitrogen functional groups attached to an aromatic ring is 1. The first-order chi connectivity index (χ1) is 8.93. The molecule has 2 N–H and O–H groups in total. The quantitative estimate of drug-likeness (QED) is 0.799. The Kier molecular flexibility index (Phi) is 2.85. The van der Waals surface area contributed by atoms with Crippen LogP contribution >= 0.6 is 0 Å². The summed E-state index contributed by atoms with van der Waals surface area (Å²) >= 11 is 0. The minimum Gasteiger partial charge on any atom is -0.398 e. The fourth-order valence-electron chi connectivity index (χ4n) is 2.81. The highest BCUT2D eigenvalue weighted by atomic mass is 19.4. The van der Waals surface area contributed by atoms with Gasteiger partial charge in [0.15, 0.2) is 0 Å². The third-order valence-electron chi connectivity index (χ3n) is 3.75. The minimum absolute atomic E-state index is 0.144. The first kappa shape index (κ1) is 12.6. The van der Waals surface area contributed by atoms with E-state index in [-0.39, 0.29) is 17.9 Å². The summed E-state index contributed by atoms with van der Waals surface area (Å²) in [5.41, 5.74) is 4.99. The monoisotopic (exact) mass is 272 g/mol. The van der Waals surface area contributed by atoms with Gasteiger partial charge >= 0.3 is 6.18 Å². The van der Waals surface area contributed by atoms with Crippen molar-refractivity contribution >= 4 is 11.4 Å². The Morgan fingerprint density at radius 3 is 2.37 bits per heavy atom. The van der Waals surface area contributed by atoms with Gasteiger partial charge in [0.05, 0.1) is 17.8 Å². The zero-order chi connectivity index (χ0) is 13.6. The number of nitrogens with zero attached hydrogens (tertiary/aromatic N) is 1. The highest BCUT2D eigenvalue weighted by Crippen LogP contribution is 2.37. The van der Waals surface area contributed by atoms with E-state index in [1.165, 1.54) is 6.07 Å². The molecule has 1 aromatic carbocycles. The van der Waals surface area contributed by atoms with Crippen molar-refractivity contribution in [2.45, 2.75) is 31.2 Å². The fourth-order valence-corrected chi connectivity index (χ4v) is 2.81. The second-order valence-corrected chi connectivity index (χ2v) is 5.13. The lowest BCUT2D eigenvalue weighted by molar-refractivity contribution is -0.136. The predicted molar refractivity (Wildman–Crippen MR) is 66.0 cm³/mol. The highest BCUT2D eigenvalue weighted by Gasteiger charge is 2.36. The summed E-state index contributed by atoms with van der Waals surface area (Å²) in [4.78, 5) is 1.96. The van der Waals surface area contributed by atoms with E-state index in [0.29, 0.717) is 18.8 Å². The van der Waals surface area contributed by atoms with Crippen molar-refractivity contribution in [3.05, 3.63) is 23.8 Å². The van der Waals surface area contributed by atoms with Crippen molar-refractivity contribution < 1.29 is 17.9 Å². The first-order valence-electron chi connectivity index (χ1n) is 6.30. The number of alkyl halides is 3. The van der Waals surface area contributed by atoms with Crippen molar-refractivity contribution in [1.82, 2.24) is 0 Å². The Morgan fingerprint density at radius 2 is 1.79 bits per heavy atom. The summed E-state index contributed by atoms with van der Waals surface area (Å²) in [7, 11) is 0. The Morgan fingerprint density at radius 1 is 1.16 bits per heavy atom. The molecule has 2 aliphatic heterocycles. The van der Waals surface area contributed by atoms with Gasteiger partial charge in [-0.25, -0.2) is 0 Å². The number of hydrogen-bond acceptors (Lipinski definition) is 3. The maximum Gasteiger partial charge on any atom is 0.418 e. The fraction of sp³-hybridized carbons (Fsp3) is 0.538. The van der Waals surface area contributed by atoms with Crippen LogP contribution in [0.1, 0.15) is 18.4 Å². The third kappa shape index (κ3) is 2.36. The summed E-state index contributed by atoms with van der Waals surface area (Å²) in [6, 6.07) is 4.12. The SMILES string of the molecule is Nc1ccc(N2CC3CCC(C2)O3)cc1C(F)(F)F. The lowest BCUT2D eigenvalue weighted by Gasteiger charge is -2.34. The van der Waals surface area contributed by atoms with E-state index in [1.54, 1.807) is 6.07 Å². The molecular formula is C13H15F3N2O. The number of fused-ring (bicyclic) bond motifs is 2. The summed E-state index contributed by atoms with van der Waals surface area (Å²) in [5, 5.41) is 0. The molecule has 2 unspecified atom stereocenters. The number of rotatable bonds is 1. The molecule has 0 radical (unpaired) electrons. The number of morpholine rings is 1. The van der Waals surface area contributed by atoms with E-state index in [9.17, 15) is 13.2 Å². The van der Waals surface area contributed by atoms with Crippen LogP contribution < -0.4 is 10.6 Å². The van der Waals surface area contributed by atoms with Gasteiger partial charge in [0.2, 0.25) is 0 Å². The van der Waals surface area contributed by atoms with Crippen molar-refractivity contribution in [1.29, 1.82) is 0 Å². The predicted octanol–water partition coefficient (Wildman–Crippen LogP) is 2.66. The molecule has 19 heavy (non-hydrogen) atoms. The number of benzene rings is 1. The van der Waals surface area contributed by atoms with Crippen molar-refractivity contribution in [3.8, 4) is 0 Å². The van der Waals surface area contributed by atoms with Gasteiger partial charge in [-0.15, -0.1) is 0 Å². The summed E-state index contributed by atoms with van der Waals surface area (Å²) < 4.78 is 44.2. The van der Waals surface area contributed by atoms with Crippen molar-refractivity contribution in [3.63, 3.8) is 0 Å². The van der Waals surface area contributed by atoms with Gasteiger partial charge < -0.3 is 15.4 Å². The van der Waals surface area contributed by atoms with Crippen LogP contribution in [0.2, 0.25) is 0 Å². The molecule has 3 nitrogen and oxygen atoms in total. The van der Waals surface area contributed by atoms with Crippen LogP contribution in [0, 0.1) is 0 Å². The average Bonchev–Trinajstić information content (AvgIpc) is 2.67. The van der Waals surface area contributed by atoms with E-state index in [4.69, 9.17) is 10.5 Å². The van der Waals surface area contributed by atoms with Gasteiger partial charge in [0.1, 0.15) is 0 Å². The van der Waals surface area contributed by atoms with Gasteiger partial charge in [-0.3, -0.25) is 0 Å². The van der Waals surface area contributed by atoms with Crippen LogP contribution in [0.3, 0.4) is 0 Å². The third-order valence-corrected chi connectivity index (χ3v) is 3.75. The number of anilines is 2. The average molecular weight is 272 g/mol. The first-order valence-corrected chi connectivity index (χ1v) is 6.30. The van der Waals surface area contributed by atoms with E-state index in [1.807, 2.05) is 4.90 Å². The van der Waals surface area contributed by atoms with Crippen LogP contribution in [-0.2, 0) is 10.9 Å². The largest absolute Gasteiger partial charge is 0.418 e.